The van der Waals surface area contributed by atoms with E-state index in [0.717, 1.165) is 6.42 Å². The Morgan fingerprint density at radius 1 is 1.47 bits per heavy atom. The smallest absolute Gasteiger partial charge is 0.338 e. The molecule has 1 aliphatic heterocycles. The summed E-state index contributed by atoms with van der Waals surface area (Å²) in [7, 11) is 1.39. The second-order valence-corrected chi connectivity index (χ2v) is 6.52. The molecule has 2 rings (SSSR count). The lowest BCUT2D eigenvalue weighted by Crippen LogP contribution is -2.27. The Balaban J connectivity index is 2.09. The summed E-state index contributed by atoms with van der Waals surface area (Å²) < 4.78 is 10.2. The molecule has 3 nitrogen and oxygen atoms in total. The Morgan fingerprint density at radius 2 is 2.16 bits per heavy atom. The molecule has 1 heterocycles. The van der Waals surface area contributed by atoms with Crippen molar-refractivity contribution in [3.63, 3.8) is 0 Å². The summed E-state index contributed by atoms with van der Waals surface area (Å²) in [6.07, 6.45) is 8.45. The molecule has 3 heteroatoms. The highest BCUT2D eigenvalue weighted by molar-refractivity contribution is 5.79. The first-order valence-electron chi connectivity index (χ1n) is 6.92. The van der Waals surface area contributed by atoms with Crippen LogP contribution in [0.15, 0.2) is 23.8 Å². The lowest BCUT2D eigenvalue weighted by Gasteiger charge is -2.36. The van der Waals surface area contributed by atoms with Gasteiger partial charge in [-0.3, -0.25) is 0 Å². The zero-order valence-corrected chi connectivity index (χ0v) is 12.5. The zero-order chi connectivity index (χ0) is 14.3. The summed E-state index contributed by atoms with van der Waals surface area (Å²) in [4.78, 5) is 11.4. The van der Waals surface area contributed by atoms with Crippen molar-refractivity contribution in [2.45, 2.75) is 52.2 Å². The minimum Gasteiger partial charge on any atom is -0.467 e. The Labute approximate surface area is 115 Å². The molecule has 1 saturated heterocycles. The molecule has 0 aromatic carbocycles. The van der Waals surface area contributed by atoms with E-state index in [1.165, 1.54) is 19.1 Å². The van der Waals surface area contributed by atoms with Crippen LogP contribution < -0.4 is 0 Å². The van der Waals surface area contributed by atoms with Crippen LogP contribution in [0.2, 0.25) is 0 Å². The Bertz CT molecular complexity index is 433. The summed E-state index contributed by atoms with van der Waals surface area (Å²) in [6, 6.07) is 0. The molecule has 3 atom stereocenters. The van der Waals surface area contributed by atoms with Crippen LogP contribution >= 0.6 is 0 Å². The van der Waals surface area contributed by atoms with Crippen LogP contribution in [0.5, 0.6) is 0 Å². The predicted octanol–water partition coefficient (Wildman–Crippen LogP) is 3.26. The molecule has 0 aromatic rings. The highest BCUT2D eigenvalue weighted by atomic mass is 16.6. The summed E-state index contributed by atoms with van der Waals surface area (Å²) in [6.45, 7) is 8.71. The van der Waals surface area contributed by atoms with E-state index >= 15 is 0 Å². The topological polar surface area (TPSA) is 38.8 Å². The maximum Gasteiger partial charge on any atom is 0.338 e. The number of epoxide rings is 1. The molecule has 0 radical (unpaired) electrons. The number of carbonyl (C=O) groups excluding carboxylic acids is 1. The van der Waals surface area contributed by atoms with Crippen molar-refractivity contribution in [1.82, 2.24) is 0 Å². The van der Waals surface area contributed by atoms with E-state index in [1.807, 2.05) is 13.0 Å². The van der Waals surface area contributed by atoms with E-state index in [9.17, 15) is 4.79 Å². The quantitative estimate of drug-likeness (QED) is 0.446. The largest absolute Gasteiger partial charge is 0.467 e. The van der Waals surface area contributed by atoms with Crippen LogP contribution in [0.25, 0.3) is 0 Å². The molecule has 0 bridgehead atoms. The number of allylic oxidation sites excluding steroid dienone is 3. The Hall–Kier alpha value is -1.09. The SMILES string of the molecule is COC(=O)[C@@H]1O[C@@]1(C)/C=C/[C@@H]1C(C)=CCCC1(C)C. The highest BCUT2D eigenvalue weighted by Crippen LogP contribution is 2.44. The standard InChI is InChI=1S/C16H24O3/c1-11-7-6-9-15(2,3)12(11)8-10-16(4)13(19-16)14(17)18-5/h7-8,10,12-13H,6,9H2,1-5H3/b10-8+/t12-,13+,16+/m1/s1. The van der Waals surface area contributed by atoms with Gasteiger partial charge in [-0.1, -0.05) is 37.6 Å². The maximum atomic E-state index is 11.4. The number of ether oxygens (including phenoxy) is 2. The van der Waals surface area contributed by atoms with Crippen molar-refractivity contribution >= 4 is 5.97 Å². The van der Waals surface area contributed by atoms with E-state index in [4.69, 9.17) is 9.47 Å². The molecule has 0 spiro atoms. The van der Waals surface area contributed by atoms with Crippen LogP contribution in [0, 0.1) is 11.3 Å². The molecule has 1 aliphatic carbocycles. The minimum absolute atomic E-state index is 0.265. The number of methoxy groups -OCH3 is 1. The molecule has 0 saturated carbocycles. The monoisotopic (exact) mass is 264 g/mol. The molecule has 0 unspecified atom stereocenters. The van der Waals surface area contributed by atoms with Crippen LogP contribution in [-0.4, -0.2) is 24.8 Å². The third kappa shape index (κ3) is 2.76. The number of carbonyl (C=O) groups is 1. The molecular formula is C16H24O3. The molecule has 19 heavy (non-hydrogen) atoms. The fourth-order valence-corrected chi connectivity index (χ4v) is 3.01. The third-order valence-corrected chi connectivity index (χ3v) is 4.46. The van der Waals surface area contributed by atoms with Crippen molar-refractivity contribution in [3.8, 4) is 0 Å². The maximum absolute atomic E-state index is 11.4. The average molecular weight is 264 g/mol. The van der Waals surface area contributed by atoms with E-state index < -0.39 is 11.7 Å². The molecule has 1 fully saturated rings. The van der Waals surface area contributed by atoms with Gasteiger partial charge in [0.1, 0.15) is 5.60 Å². The van der Waals surface area contributed by atoms with Gasteiger partial charge in [-0.15, -0.1) is 0 Å². The molecule has 0 amide bonds. The van der Waals surface area contributed by atoms with Gasteiger partial charge in [-0.05, 0) is 32.1 Å². The Kier molecular flexibility index (Phi) is 3.61. The number of hydrogen-bond acceptors (Lipinski definition) is 3. The summed E-state index contributed by atoms with van der Waals surface area (Å²) in [5.74, 6) is 0.128. The van der Waals surface area contributed by atoms with Gasteiger partial charge < -0.3 is 9.47 Å². The Morgan fingerprint density at radius 3 is 2.74 bits per heavy atom. The van der Waals surface area contributed by atoms with E-state index in [1.54, 1.807) is 0 Å². The minimum atomic E-state index is -0.485. The van der Waals surface area contributed by atoms with Gasteiger partial charge in [0.25, 0.3) is 0 Å². The molecule has 2 aliphatic rings. The second-order valence-electron chi connectivity index (χ2n) is 6.52. The van der Waals surface area contributed by atoms with Crippen LogP contribution in [0.1, 0.15) is 40.5 Å². The van der Waals surface area contributed by atoms with Crippen LogP contribution in [0.4, 0.5) is 0 Å². The number of hydrogen-bond donors (Lipinski definition) is 0. The van der Waals surface area contributed by atoms with Crippen molar-refractivity contribution in [2.75, 3.05) is 7.11 Å². The van der Waals surface area contributed by atoms with Gasteiger partial charge in [-0.2, -0.15) is 0 Å². The predicted molar refractivity (Wildman–Crippen MR) is 74.7 cm³/mol. The lowest BCUT2D eigenvalue weighted by molar-refractivity contribution is -0.142. The second kappa shape index (κ2) is 4.78. The van der Waals surface area contributed by atoms with Crippen molar-refractivity contribution in [2.24, 2.45) is 11.3 Å². The first-order valence-corrected chi connectivity index (χ1v) is 6.92. The first-order chi connectivity index (χ1) is 8.80. The van der Waals surface area contributed by atoms with Gasteiger partial charge in [0, 0.05) is 5.92 Å². The van der Waals surface area contributed by atoms with Crippen molar-refractivity contribution < 1.29 is 14.3 Å². The van der Waals surface area contributed by atoms with Gasteiger partial charge in [0.15, 0.2) is 6.10 Å². The number of esters is 1. The zero-order valence-electron chi connectivity index (χ0n) is 12.5. The summed E-state index contributed by atoms with van der Waals surface area (Å²) in [5.41, 5.74) is 1.19. The normalized spacial score (nSPS) is 37.0. The van der Waals surface area contributed by atoms with E-state index in [-0.39, 0.29) is 11.4 Å². The lowest BCUT2D eigenvalue weighted by atomic mass is 9.68. The molecule has 0 aromatic heterocycles. The van der Waals surface area contributed by atoms with Crippen molar-refractivity contribution in [3.05, 3.63) is 23.8 Å². The van der Waals surface area contributed by atoms with Crippen LogP contribution in [-0.2, 0) is 14.3 Å². The first kappa shape index (κ1) is 14.3. The van der Waals surface area contributed by atoms with Gasteiger partial charge in [0.2, 0.25) is 0 Å². The van der Waals surface area contributed by atoms with Crippen molar-refractivity contribution in [1.29, 1.82) is 0 Å². The number of rotatable bonds is 3. The van der Waals surface area contributed by atoms with Gasteiger partial charge in [-0.25, -0.2) is 4.79 Å². The van der Waals surface area contributed by atoms with E-state index in [2.05, 4.69) is 32.9 Å². The fourth-order valence-electron chi connectivity index (χ4n) is 3.01. The fraction of sp³-hybridized carbons (Fsp3) is 0.688. The molecular weight excluding hydrogens is 240 g/mol. The summed E-state index contributed by atoms with van der Waals surface area (Å²) in [5, 5.41) is 0. The molecule has 0 N–H and O–H groups in total. The van der Waals surface area contributed by atoms with Crippen LogP contribution in [0.3, 0.4) is 0 Å². The van der Waals surface area contributed by atoms with Gasteiger partial charge in [0.05, 0.1) is 7.11 Å². The molecule has 106 valence electrons. The third-order valence-electron chi connectivity index (χ3n) is 4.46. The summed E-state index contributed by atoms with van der Waals surface area (Å²) >= 11 is 0. The highest BCUT2D eigenvalue weighted by Gasteiger charge is 2.56. The average Bonchev–Trinajstić information content (AvgIpc) is 2.99. The van der Waals surface area contributed by atoms with Gasteiger partial charge >= 0.3 is 5.97 Å². The van der Waals surface area contributed by atoms with E-state index in [0.29, 0.717) is 5.92 Å².